The van der Waals surface area contributed by atoms with Gasteiger partial charge in [-0.2, -0.15) is 0 Å². The molecule has 27 heavy (non-hydrogen) atoms. The summed E-state index contributed by atoms with van der Waals surface area (Å²) in [6.45, 7) is 1.49. The van der Waals surface area contributed by atoms with Gasteiger partial charge in [0.15, 0.2) is 34.9 Å². The van der Waals surface area contributed by atoms with E-state index in [1.54, 1.807) is 24.3 Å². The molecule has 136 valence electrons. The summed E-state index contributed by atoms with van der Waals surface area (Å²) in [5, 5.41) is -0.823. The number of aryl methyl sites for hydroxylation is 1. The lowest BCUT2D eigenvalue weighted by Gasteiger charge is -2.12. The van der Waals surface area contributed by atoms with Crippen molar-refractivity contribution in [3.05, 3.63) is 70.9 Å². The average molecular weight is 378 g/mol. The quantitative estimate of drug-likeness (QED) is 0.245. The van der Waals surface area contributed by atoms with E-state index in [0.29, 0.717) is 10.9 Å². The number of halogens is 6. The third-order valence-electron chi connectivity index (χ3n) is 4.26. The van der Waals surface area contributed by atoms with Crippen LogP contribution in [0.15, 0.2) is 30.3 Å². The van der Waals surface area contributed by atoms with Crippen LogP contribution < -0.4 is 0 Å². The van der Waals surface area contributed by atoms with Crippen LogP contribution >= 0.6 is 0 Å². The number of pyridine rings is 2. The van der Waals surface area contributed by atoms with E-state index in [4.69, 9.17) is 0 Å². The Hall–Kier alpha value is -3.16. The standard InChI is InChI=1S/C19H8F6N2/c1-7-9(6-8-4-2-3-5-10(8)26-7)18-16(24)13(21)11-12(20)14(22)15(23)17(25)19(11)27-18/h2-6H,1H3. The molecule has 0 radical (unpaired) electrons. The second kappa shape index (κ2) is 5.94. The first-order valence-corrected chi connectivity index (χ1v) is 7.68. The Bertz CT molecular complexity index is 1250. The molecule has 0 saturated carbocycles. The monoisotopic (exact) mass is 378 g/mol. The number of fused-ring (bicyclic) bond motifs is 2. The molecule has 0 bridgehead atoms. The minimum atomic E-state index is -2.24. The van der Waals surface area contributed by atoms with Crippen molar-refractivity contribution in [2.24, 2.45) is 0 Å². The topological polar surface area (TPSA) is 25.8 Å². The van der Waals surface area contributed by atoms with E-state index in [-0.39, 0.29) is 11.3 Å². The fraction of sp³-hybridized carbons (Fsp3) is 0.0526. The highest BCUT2D eigenvalue weighted by Gasteiger charge is 2.28. The molecule has 2 nitrogen and oxygen atoms in total. The van der Waals surface area contributed by atoms with Crippen LogP contribution in [0, 0.1) is 41.8 Å². The zero-order chi connectivity index (χ0) is 19.5. The van der Waals surface area contributed by atoms with Crippen molar-refractivity contribution in [3.63, 3.8) is 0 Å². The lowest BCUT2D eigenvalue weighted by atomic mass is 10.0. The van der Waals surface area contributed by atoms with E-state index in [1.165, 1.54) is 13.0 Å². The van der Waals surface area contributed by atoms with Gasteiger partial charge in [0.1, 0.15) is 11.2 Å². The second-order valence-corrected chi connectivity index (χ2v) is 5.88. The van der Waals surface area contributed by atoms with E-state index >= 15 is 0 Å². The molecule has 0 aliphatic rings. The first kappa shape index (κ1) is 17.3. The molecule has 0 N–H and O–H groups in total. The number of rotatable bonds is 1. The van der Waals surface area contributed by atoms with Crippen molar-refractivity contribution in [1.29, 1.82) is 0 Å². The Morgan fingerprint density at radius 1 is 0.704 bits per heavy atom. The van der Waals surface area contributed by atoms with Crippen LogP contribution in [0.25, 0.3) is 33.1 Å². The highest BCUT2D eigenvalue weighted by atomic mass is 19.2. The fourth-order valence-corrected chi connectivity index (χ4v) is 2.93. The SMILES string of the molecule is Cc1nc2ccccc2cc1-c1nc2c(F)c(F)c(F)c(F)c2c(F)c1F. The summed E-state index contributed by atoms with van der Waals surface area (Å²) < 4.78 is 83.8. The Morgan fingerprint density at radius 3 is 2.07 bits per heavy atom. The first-order chi connectivity index (χ1) is 12.8. The predicted molar refractivity (Wildman–Crippen MR) is 87.0 cm³/mol. The van der Waals surface area contributed by atoms with Crippen LogP contribution in [0.2, 0.25) is 0 Å². The molecular formula is C19H8F6N2. The molecule has 0 spiro atoms. The average Bonchev–Trinajstić information content (AvgIpc) is 2.66. The summed E-state index contributed by atoms with van der Waals surface area (Å²) in [5.74, 6) is -11.8. The Kier molecular flexibility index (Phi) is 3.80. The maximum atomic E-state index is 14.6. The number of nitrogens with zero attached hydrogens (tertiary/aromatic N) is 2. The second-order valence-electron chi connectivity index (χ2n) is 5.88. The molecule has 0 saturated heterocycles. The van der Waals surface area contributed by atoms with Crippen LogP contribution in [-0.2, 0) is 0 Å². The Morgan fingerprint density at radius 2 is 1.33 bits per heavy atom. The van der Waals surface area contributed by atoms with E-state index in [1.807, 2.05) is 0 Å². The molecule has 8 heteroatoms. The highest BCUT2D eigenvalue weighted by molar-refractivity contribution is 5.88. The van der Waals surface area contributed by atoms with Gasteiger partial charge in [-0.1, -0.05) is 18.2 Å². The third-order valence-corrected chi connectivity index (χ3v) is 4.26. The fourth-order valence-electron chi connectivity index (χ4n) is 2.93. The van der Waals surface area contributed by atoms with Gasteiger partial charge < -0.3 is 0 Å². The van der Waals surface area contributed by atoms with Crippen molar-refractivity contribution in [2.45, 2.75) is 6.92 Å². The Balaban J connectivity index is 2.12. The van der Waals surface area contributed by atoms with Crippen molar-refractivity contribution in [2.75, 3.05) is 0 Å². The molecule has 0 atom stereocenters. The molecule has 4 aromatic rings. The smallest absolute Gasteiger partial charge is 0.199 e. The van der Waals surface area contributed by atoms with Crippen LogP contribution in [0.4, 0.5) is 26.3 Å². The molecule has 4 rings (SSSR count). The highest BCUT2D eigenvalue weighted by Crippen LogP contribution is 2.34. The van der Waals surface area contributed by atoms with Gasteiger partial charge in [0.05, 0.1) is 10.9 Å². The van der Waals surface area contributed by atoms with Gasteiger partial charge in [0, 0.05) is 16.6 Å². The lowest BCUT2D eigenvalue weighted by Crippen LogP contribution is -2.06. The zero-order valence-corrected chi connectivity index (χ0v) is 13.5. The number of aromatic nitrogens is 2. The molecule has 0 fully saturated rings. The maximum absolute atomic E-state index is 14.6. The van der Waals surface area contributed by atoms with Crippen LogP contribution in [0.1, 0.15) is 5.69 Å². The zero-order valence-electron chi connectivity index (χ0n) is 13.5. The van der Waals surface area contributed by atoms with E-state index in [9.17, 15) is 26.3 Å². The summed E-state index contributed by atoms with van der Waals surface area (Å²) in [7, 11) is 0. The van der Waals surface area contributed by atoms with Crippen molar-refractivity contribution < 1.29 is 26.3 Å². The summed E-state index contributed by atoms with van der Waals surface area (Å²) >= 11 is 0. The predicted octanol–water partition coefficient (Wildman–Crippen LogP) is 5.59. The van der Waals surface area contributed by atoms with Gasteiger partial charge in [-0.25, -0.2) is 31.3 Å². The lowest BCUT2D eigenvalue weighted by molar-refractivity contribution is 0.413. The van der Waals surface area contributed by atoms with Crippen molar-refractivity contribution in [3.8, 4) is 11.3 Å². The molecule has 0 aliphatic heterocycles. The Labute approximate surface area is 148 Å². The summed E-state index contributed by atoms with van der Waals surface area (Å²) in [6, 6.07) is 8.24. The van der Waals surface area contributed by atoms with Crippen LogP contribution in [0.3, 0.4) is 0 Å². The molecular weight excluding hydrogens is 370 g/mol. The van der Waals surface area contributed by atoms with E-state index < -0.39 is 51.5 Å². The molecule has 2 aromatic carbocycles. The van der Waals surface area contributed by atoms with Crippen LogP contribution in [0.5, 0.6) is 0 Å². The molecule has 2 aromatic heterocycles. The van der Waals surface area contributed by atoms with Gasteiger partial charge >= 0.3 is 0 Å². The third kappa shape index (κ3) is 2.43. The maximum Gasteiger partial charge on any atom is 0.199 e. The van der Waals surface area contributed by atoms with Gasteiger partial charge in [0.25, 0.3) is 0 Å². The minimum Gasteiger partial charge on any atom is -0.252 e. The van der Waals surface area contributed by atoms with Crippen molar-refractivity contribution in [1.82, 2.24) is 9.97 Å². The normalized spacial score (nSPS) is 11.5. The molecule has 0 unspecified atom stereocenters. The van der Waals surface area contributed by atoms with Gasteiger partial charge in [-0.05, 0) is 19.1 Å². The van der Waals surface area contributed by atoms with Gasteiger partial charge in [0.2, 0.25) is 0 Å². The molecule has 0 aliphatic carbocycles. The summed E-state index contributed by atoms with van der Waals surface area (Å²) in [5.41, 5.74) is -1.00. The van der Waals surface area contributed by atoms with Gasteiger partial charge in [-0.3, -0.25) is 4.98 Å². The minimum absolute atomic E-state index is 0.0107. The van der Waals surface area contributed by atoms with Crippen LogP contribution in [-0.4, -0.2) is 9.97 Å². The first-order valence-electron chi connectivity index (χ1n) is 7.68. The molecule has 2 heterocycles. The van der Waals surface area contributed by atoms with Crippen molar-refractivity contribution >= 4 is 21.8 Å². The van der Waals surface area contributed by atoms with E-state index in [2.05, 4.69) is 9.97 Å². The largest absolute Gasteiger partial charge is 0.252 e. The number of hydrogen-bond acceptors (Lipinski definition) is 2. The number of para-hydroxylation sites is 1. The molecule has 0 amide bonds. The number of hydrogen-bond donors (Lipinski definition) is 0. The van der Waals surface area contributed by atoms with E-state index in [0.717, 1.165) is 0 Å². The van der Waals surface area contributed by atoms with Gasteiger partial charge in [-0.15, -0.1) is 0 Å². The summed E-state index contributed by atoms with van der Waals surface area (Å²) in [4.78, 5) is 7.80. The number of benzene rings is 2. The summed E-state index contributed by atoms with van der Waals surface area (Å²) in [6.07, 6.45) is 0.